The van der Waals surface area contributed by atoms with Crippen molar-refractivity contribution in [2.24, 2.45) is 0 Å². The summed E-state index contributed by atoms with van der Waals surface area (Å²) in [7, 11) is 0.694. The topological polar surface area (TPSA) is 55.2 Å². The molecular formula is C62H43BBrN2O2S2. The first kappa shape index (κ1) is 46.0. The van der Waals surface area contributed by atoms with E-state index < -0.39 is 0 Å². The Bertz CT molecular complexity index is 3610. The fourth-order valence-electron chi connectivity index (χ4n) is 8.15. The molecule has 10 aromatic carbocycles. The van der Waals surface area contributed by atoms with Gasteiger partial charge < -0.3 is 9.68 Å². The van der Waals surface area contributed by atoms with Crippen molar-refractivity contribution < 1.29 is 9.68 Å². The first-order chi connectivity index (χ1) is 34.5. The Morgan fingerprint density at radius 3 is 1.09 bits per heavy atom. The quantitative estimate of drug-likeness (QED) is 0.146. The maximum atomic E-state index is 8.73. The number of aromatic nitrogens is 2. The van der Waals surface area contributed by atoms with Crippen molar-refractivity contribution in [2.75, 3.05) is 0 Å². The third-order valence-corrected chi connectivity index (χ3v) is 14.3. The highest BCUT2D eigenvalue weighted by atomic mass is 79.9. The molecule has 0 saturated carbocycles. The van der Waals surface area contributed by atoms with Crippen LogP contribution in [0, 0.1) is 0 Å². The van der Waals surface area contributed by atoms with Gasteiger partial charge in [-0.15, -0.1) is 22.7 Å². The largest absolute Gasteiger partial charge is 0.569 e. The van der Waals surface area contributed by atoms with Crippen LogP contribution in [0.4, 0.5) is 0 Å². The molecule has 12 aromatic rings. The molecule has 0 saturated heterocycles. The van der Waals surface area contributed by atoms with Gasteiger partial charge in [-0.25, -0.2) is 9.97 Å². The number of benzene rings is 10. The standard InChI is InChI=1S/C31H21NS.C18H14BO2.C13H8BrNS/c1-2-9-22(10-3-1)23-11-6-12-24(19-23)25-13-7-14-26(20-25)27-15-8-16-28(21-27)31-32-29-17-4-5-18-30(29)33-31;20-19-21-18-11-5-10-17(13-18)16-9-4-8-15(12-16)14-6-2-1-3-7-14;14-10-5-3-4-9(8-10)13-15-11-6-1-2-7-12(11)16-13/h1-21H;1-13,20H;1-8H. The van der Waals surface area contributed by atoms with Crippen LogP contribution in [0.25, 0.3) is 97.2 Å². The highest BCUT2D eigenvalue weighted by molar-refractivity contribution is 9.10. The maximum absolute atomic E-state index is 8.73. The molecule has 0 aliphatic rings. The predicted octanol–water partition coefficient (Wildman–Crippen LogP) is 17.6. The smallest absolute Gasteiger partial charge is 0.537 e. The number of fused-ring (bicyclic) bond motifs is 2. The predicted molar refractivity (Wildman–Crippen MR) is 300 cm³/mol. The lowest BCUT2D eigenvalue weighted by Gasteiger charge is -2.09. The Morgan fingerprint density at radius 2 is 0.657 bits per heavy atom. The van der Waals surface area contributed by atoms with E-state index >= 15 is 0 Å². The highest BCUT2D eigenvalue weighted by Crippen LogP contribution is 2.35. The van der Waals surface area contributed by atoms with Crippen LogP contribution in [-0.2, 0) is 0 Å². The summed E-state index contributed by atoms with van der Waals surface area (Å²) in [6, 6.07) is 87.8. The first-order valence-electron chi connectivity index (χ1n) is 22.8. The summed E-state index contributed by atoms with van der Waals surface area (Å²) >= 11 is 6.95. The monoisotopic (exact) mass is 1000 g/mol. The van der Waals surface area contributed by atoms with Crippen LogP contribution in [0.15, 0.2) is 259 Å². The number of hydrogen-bond acceptors (Lipinski definition) is 6. The van der Waals surface area contributed by atoms with Crippen molar-refractivity contribution >= 4 is 66.7 Å². The molecule has 2 heterocycles. The van der Waals surface area contributed by atoms with Crippen LogP contribution in [0.3, 0.4) is 0 Å². The van der Waals surface area contributed by atoms with Crippen molar-refractivity contribution in [3.63, 3.8) is 0 Å². The molecule has 0 bridgehead atoms. The van der Waals surface area contributed by atoms with Gasteiger partial charge in [-0.1, -0.05) is 198 Å². The van der Waals surface area contributed by atoms with Crippen LogP contribution in [0.1, 0.15) is 0 Å². The Balaban J connectivity index is 0.000000131. The van der Waals surface area contributed by atoms with E-state index in [0.29, 0.717) is 13.4 Å². The molecular weight excluding hydrogens is 960 g/mol. The number of hydrogen-bond donors (Lipinski definition) is 1. The van der Waals surface area contributed by atoms with Crippen LogP contribution < -0.4 is 4.65 Å². The number of para-hydroxylation sites is 2. The third kappa shape index (κ3) is 11.2. The summed E-state index contributed by atoms with van der Waals surface area (Å²) in [4.78, 5) is 9.46. The van der Waals surface area contributed by atoms with E-state index in [2.05, 4.69) is 191 Å². The van der Waals surface area contributed by atoms with Crippen molar-refractivity contribution in [3.05, 3.63) is 259 Å². The molecule has 4 nitrogen and oxygen atoms in total. The molecule has 12 rings (SSSR count). The molecule has 1 radical (unpaired) electrons. The normalized spacial score (nSPS) is 10.7. The minimum absolute atomic E-state index is 0.611. The van der Waals surface area contributed by atoms with Crippen LogP contribution >= 0.6 is 38.6 Å². The zero-order valence-electron chi connectivity index (χ0n) is 37.8. The van der Waals surface area contributed by atoms with Gasteiger partial charge >= 0.3 is 7.69 Å². The maximum Gasteiger partial charge on any atom is 0.569 e. The Labute approximate surface area is 425 Å². The van der Waals surface area contributed by atoms with Crippen LogP contribution in [0.2, 0.25) is 0 Å². The lowest BCUT2D eigenvalue weighted by atomic mass is 9.96. The minimum Gasteiger partial charge on any atom is -0.537 e. The van der Waals surface area contributed by atoms with Gasteiger partial charge in [0.2, 0.25) is 0 Å². The zero-order valence-corrected chi connectivity index (χ0v) is 41.0. The van der Waals surface area contributed by atoms with Crippen LogP contribution in [-0.4, -0.2) is 22.7 Å². The molecule has 0 aliphatic heterocycles. The molecule has 0 aliphatic carbocycles. The number of rotatable bonds is 9. The van der Waals surface area contributed by atoms with E-state index in [1.807, 2.05) is 78.9 Å². The molecule has 0 unspecified atom stereocenters. The summed E-state index contributed by atoms with van der Waals surface area (Å²) in [6.45, 7) is 0. The SMILES string of the molecule is Brc1cccc(-c2nc3ccccc3s2)c1.O[B]Oc1cccc(-c2cccc(-c3ccccc3)c2)c1.c1ccc(-c2cccc(-c3cccc(-c4cccc(-c5nc6ccccc6s5)c4)c3)c2)cc1. The fraction of sp³-hybridized carbons (Fsp3) is 0. The van der Waals surface area contributed by atoms with E-state index in [4.69, 9.17) is 14.7 Å². The molecule has 0 spiro atoms. The van der Waals surface area contributed by atoms with Crippen molar-refractivity contribution in [3.8, 4) is 82.5 Å². The lowest BCUT2D eigenvalue weighted by molar-refractivity contribution is 0.454. The van der Waals surface area contributed by atoms with Gasteiger partial charge in [0.25, 0.3) is 0 Å². The van der Waals surface area contributed by atoms with Gasteiger partial charge in [-0.05, 0) is 128 Å². The van der Waals surface area contributed by atoms with E-state index in [9.17, 15) is 0 Å². The summed E-state index contributed by atoms with van der Waals surface area (Å²) in [5.41, 5.74) is 16.3. The molecule has 2 aromatic heterocycles. The Hall–Kier alpha value is -7.72. The van der Waals surface area contributed by atoms with E-state index in [1.54, 1.807) is 28.7 Å². The average Bonchev–Trinajstić information content (AvgIpc) is 4.08. The number of nitrogens with zero attached hydrogens (tertiary/aromatic N) is 2. The molecule has 0 atom stereocenters. The Kier molecular flexibility index (Phi) is 14.6. The van der Waals surface area contributed by atoms with Gasteiger partial charge in [0.15, 0.2) is 0 Å². The Morgan fingerprint density at radius 1 is 0.329 bits per heavy atom. The zero-order chi connectivity index (χ0) is 47.5. The first-order valence-corrected chi connectivity index (χ1v) is 25.2. The summed E-state index contributed by atoms with van der Waals surface area (Å²) in [5, 5.41) is 10.9. The van der Waals surface area contributed by atoms with E-state index in [1.165, 1.54) is 53.9 Å². The van der Waals surface area contributed by atoms with Gasteiger partial charge in [0.05, 0.1) is 20.4 Å². The molecule has 70 heavy (non-hydrogen) atoms. The van der Waals surface area contributed by atoms with E-state index in [-0.39, 0.29) is 0 Å². The molecule has 0 fully saturated rings. The summed E-state index contributed by atoms with van der Waals surface area (Å²) in [6.07, 6.45) is 0. The fourth-order valence-corrected chi connectivity index (χ4v) is 10.5. The average molecular weight is 1000 g/mol. The number of thiazole rings is 2. The van der Waals surface area contributed by atoms with Crippen LogP contribution in [0.5, 0.6) is 5.75 Å². The highest BCUT2D eigenvalue weighted by Gasteiger charge is 2.10. The summed E-state index contributed by atoms with van der Waals surface area (Å²) < 4.78 is 8.56. The van der Waals surface area contributed by atoms with E-state index in [0.717, 1.165) is 47.8 Å². The van der Waals surface area contributed by atoms with Crippen molar-refractivity contribution in [1.82, 2.24) is 9.97 Å². The molecule has 0 amide bonds. The second-order valence-electron chi connectivity index (χ2n) is 16.3. The molecule has 335 valence electrons. The van der Waals surface area contributed by atoms with Gasteiger partial charge in [-0.2, -0.15) is 0 Å². The van der Waals surface area contributed by atoms with Crippen molar-refractivity contribution in [2.45, 2.75) is 0 Å². The molecule has 8 heteroatoms. The summed E-state index contributed by atoms with van der Waals surface area (Å²) in [5.74, 6) is 0.611. The number of halogens is 1. The second kappa shape index (κ2) is 22.1. The third-order valence-electron chi connectivity index (χ3n) is 11.6. The molecule has 1 N–H and O–H groups in total. The lowest BCUT2D eigenvalue weighted by Crippen LogP contribution is -1.99. The minimum atomic E-state index is 0.611. The van der Waals surface area contributed by atoms with Gasteiger partial charge in [-0.3, -0.25) is 0 Å². The van der Waals surface area contributed by atoms with Gasteiger partial charge in [0.1, 0.15) is 15.8 Å². The van der Waals surface area contributed by atoms with Gasteiger partial charge in [0, 0.05) is 15.6 Å². The van der Waals surface area contributed by atoms with Crippen molar-refractivity contribution in [1.29, 1.82) is 0 Å². The second-order valence-corrected chi connectivity index (χ2v) is 19.3.